The number of aliphatic hydroxyl groups is 2. The predicted octanol–water partition coefficient (Wildman–Crippen LogP) is 1.64. The second kappa shape index (κ2) is 5.91. The molecule has 0 atom stereocenters. The summed E-state index contributed by atoms with van der Waals surface area (Å²) >= 11 is 0. The number of phenols is 1. The monoisotopic (exact) mass is 261 g/mol. The molecule has 102 valence electrons. The molecule has 2 aromatic carbocycles. The summed E-state index contributed by atoms with van der Waals surface area (Å²) in [6.07, 6.45) is 0. The summed E-state index contributed by atoms with van der Waals surface area (Å²) in [5.41, 5.74) is 1.71. The Kier molecular flexibility index (Phi) is 4.24. The van der Waals surface area contributed by atoms with Gasteiger partial charge in [0.15, 0.2) is 0 Å². The van der Waals surface area contributed by atoms with Crippen molar-refractivity contribution in [3.63, 3.8) is 0 Å². The number of phenolic OH excluding ortho intramolecular Hbond substituents is 1. The zero-order valence-corrected chi connectivity index (χ0v) is 11.0. The minimum absolute atomic E-state index is 0.0221. The first kappa shape index (κ1) is 13.6. The van der Waals surface area contributed by atoms with Crippen LogP contribution in [0.3, 0.4) is 0 Å². The molecule has 0 amide bonds. The molecule has 0 aliphatic heterocycles. The fourth-order valence-electron chi connectivity index (χ4n) is 2.33. The van der Waals surface area contributed by atoms with E-state index in [-0.39, 0.29) is 19.0 Å². The number of fused-ring (bicyclic) bond motifs is 1. The highest BCUT2D eigenvalue weighted by Gasteiger charge is 2.13. The fourth-order valence-corrected chi connectivity index (χ4v) is 2.33. The second-order valence-electron chi connectivity index (χ2n) is 4.54. The maximum absolute atomic E-state index is 10.1. The molecule has 0 heterocycles. The van der Waals surface area contributed by atoms with Crippen LogP contribution >= 0.6 is 0 Å². The number of aryl methyl sites for hydroxylation is 1. The maximum atomic E-state index is 10.1. The number of hydrogen-bond donors (Lipinski definition) is 3. The molecule has 0 saturated carbocycles. The smallest absolute Gasteiger partial charge is 0.126 e. The van der Waals surface area contributed by atoms with Gasteiger partial charge in [0.05, 0.1) is 13.2 Å². The lowest BCUT2D eigenvalue weighted by molar-refractivity contribution is 0.281. The summed E-state index contributed by atoms with van der Waals surface area (Å²) in [5, 5.41) is 30.1. The van der Waals surface area contributed by atoms with Crippen molar-refractivity contribution in [3.05, 3.63) is 35.9 Å². The van der Waals surface area contributed by atoms with Crippen LogP contribution in [0.15, 0.2) is 30.3 Å². The van der Waals surface area contributed by atoms with Gasteiger partial charge in [0.2, 0.25) is 0 Å². The lowest BCUT2D eigenvalue weighted by atomic mass is 10.0. The average Bonchev–Trinajstić information content (AvgIpc) is 2.43. The quantitative estimate of drug-likeness (QED) is 0.765. The first-order valence-electron chi connectivity index (χ1n) is 6.37. The minimum Gasteiger partial charge on any atom is -0.507 e. The van der Waals surface area contributed by atoms with Crippen molar-refractivity contribution >= 4 is 16.5 Å². The second-order valence-corrected chi connectivity index (χ2v) is 4.54. The van der Waals surface area contributed by atoms with E-state index >= 15 is 0 Å². The number of anilines is 1. The molecule has 0 radical (unpaired) electrons. The topological polar surface area (TPSA) is 63.9 Å². The highest BCUT2D eigenvalue weighted by Crippen LogP contribution is 2.35. The van der Waals surface area contributed by atoms with Crippen LogP contribution in [-0.2, 0) is 0 Å². The number of nitrogens with zero attached hydrogens (tertiary/aromatic N) is 1. The molecule has 0 fully saturated rings. The molecule has 4 heteroatoms. The highest BCUT2D eigenvalue weighted by molar-refractivity contribution is 5.99. The van der Waals surface area contributed by atoms with Crippen molar-refractivity contribution in [1.82, 2.24) is 0 Å². The van der Waals surface area contributed by atoms with Crippen LogP contribution in [0.2, 0.25) is 0 Å². The van der Waals surface area contributed by atoms with Crippen LogP contribution in [0.5, 0.6) is 5.75 Å². The summed E-state index contributed by atoms with van der Waals surface area (Å²) < 4.78 is 0. The molecule has 0 unspecified atom stereocenters. The third kappa shape index (κ3) is 2.64. The number of aliphatic hydroxyl groups excluding tert-OH is 2. The predicted molar refractivity (Wildman–Crippen MR) is 76.7 cm³/mol. The van der Waals surface area contributed by atoms with Gasteiger partial charge in [-0.25, -0.2) is 0 Å². The van der Waals surface area contributed by atoms with Gasteiger partial charge >= 0.3 is 0 Å². The molecule has 0 spiro atoms. The van der Waals surface area contributed by atoms with E-state index in [0.29, 0.717) is 13.1 Å². The summed E-state index contributed by atoms with van der Waals surface area (Å²) in [5.74, 6) is 0.285. The van der Waals surface area contributed by atoms with E-state index in [1.807, 2.05) is 42.2 Å². The number of aromatic hydroxyl groups is 1. The van der Waals surface area contributed by atoms with Gasteiger partial charge in [-0.05, 0) is 18.6 Å². The van der Waals surface area contributed by atoms with E-state index in [1.54, 1.807) is 0 Å². The average molecular weight is 261 g/mol. The Labute approximate surface area is 112 Å². The lowest BCUT2D eigenvalue weighted by Crippen LogP contribution is -2.29. The van der Waals surface area contributed by atoms with Gasteiger partial charge in [-0.15, -0.1) is 0 Å². The molecule has 2 rings (SSSR count). The minimum atomic E-state index is 0.0221. The van der Waals surface area contributed by atoms with E-state index in [0.717, 1.165) is 22.0 Å². The zero-order chi connectivity index (χ0) is 13.8. The standard InChI is InChI=1S/C15H19NO3/c1-11-10-14(16(6-8-17)7-9-18)12-4-2-3-5-13(12)15(11)19/h2-5,10,17-19H,6-9H2,1H3. The van der Waals surface area contributed by atoms with Gasteiger partial charge in [-0.2, -0.15) is 0 Å². The molecular formula is C15H19NO3. The van der Waals surface area contributed by atoms with E-state index in [9.17, 15) is 5.11 Å². The zero-order valence-electron chi connectivity index (χ0n) is 11.0. The van der Waals surface area contributed by atoms with Crippen molar-refractivity contribution in [2.75, 3.05) is 31.2 Å². The SMILES string of the molecule is Cc1cc(N(CCO)CCO)c2ccccc2c1O. The van der Waals surface area contributed by atoms with Gasteiger partial charge < -0.3 is 20.2 Å². The van der Waals surface area contributed by atoms with Crippen molar-refractivity contribution in [2.45, 2.75) is 6.92 Å². The first-order chi connectivity index (χ1) is 9.19. The van der Waals surface area contributed by atoms with Gasteiger partial charge in [-0.1, -0.05) is 24.3 Å². The van der Waals surface area contributed by atoms with Crippen LogP contribution in [0, 0.1) is 6.92 Å². The van der Waals surface area contributed by atoms with E-state index in [4.69, 9.17) is 10.2 Å². The number of benzene rings is 2. The summed E-state index contributed by atoms with van der Waals surface area (Å²) in [6, 6.07) is 9.50. The molecule has 2 aromatic rings. The normalized spacial score (nSPS) is 10.9. The Morgan fingerprint density at radius 3 is 2.16 bits per heavy atom. The molecular weight excluding hydrogens is 242 g/mol. The van der Waals surface area contributed by atoms with Gasteiger partial charge in [0, 0.05) is 29.5 Å². The Morgan fingerprint density at radius 2 is 1.58 bits per heavy atom. The Bertz CT molecular complexity index is 563. The molecule has 0 saturated heterocycles. The highest BCUT2D eigenvalue weighted by atomic mass is 16.3. The Hall–Kier alpha value is -1.78. The molecule has 19 heavy (non-hydrogen) atoms. The van der Waals surface area contributed by atoms with Crippen LogP contribution in [0.4, 0.5) is 5.69 Å². The summed E-state index contributed by atoms with van der Waals surface area (Å²) in [6.45, 7) is 2.80. The van der Waals surface area contributed by atoms with E-state index in [1.165, 1.54) is 0 Å². The van der Waals surface area contributed by atoms with E-state index in [2.05, 4.69) is 0 Å². The largest absolute Gasteiger partial charge is 0.507 e. The molecule has 0 aliphatic carbocycles. The summed E-state index contributed by atoms with van der Waals surface area (Å²) in [7, 11) is 0. The van der Waals surface area contributed by atoms with Crippen LogP contribution < -0.4 is 4.90 Å². The Balaban J connectivity index is 2.61. The van der Waals surface area contributed by atoms with Gasteiger partial charge in [0.1, 0.15) is 5.75 Å². The third-order valence-corrected chi connectivity index (χ3v) is 3.27. The van der Waals surface area contributed by atoms with Crippen LogP contribution in [0.1, 0.15) is 5.56 Å². The molecule has 4 nitrogen and oxygen atoms in total. The molecule has 0 aliphatic rings. The van der Waals surface area contributed by atoms with Crippen molar-refractivity contribution in [1.29, 1.82) is 0 Å². The molecule has 0 bridgehead atoms. The lowest BCUT2D eigenvalue weighted by Gasteiger charge is -2.25. The van der Waals surface area contributed by atoms with Crippen molar-refractivity contribution < 1.29 is 15.3 Å². The van der Waals surface area contributed by atoms with Crippen molar-refractivity contribution in [3.8, 4) is 5.75 Å². The third-order valence-electron chi connectivity index (χ3n) is 3.27. The maximum Gasteiger partial charge on any atom is 0.126 e. The van der Waals surface area contributed by atoms with Crippen molar-refractivity contribution in [2.24, 2.45) is 0 Å². The van der Waals surface area contributed by atoms with E-state index < -0.39 is 0 Å². The van der Waals surface area contributed by atoms with Crippen LogP contribution in [-0.4, -0.2) is 41.6 Å². The first-order valence-corrected chi connectivity index (χ1v) is 6.37. The fraction of sp³-hybridized carbons (Fsp3) is 0.333. The molecule has 0 aromatic heterocycles. The van der Waals surface area contributed by atoms with Gasteiger partial charge in [-0.3, -0.25) is 0 Å². The Morgan fingerprint density at radius 1 is 1.00 bits per heavy atom. The van der Waals surface area contributed by atoms with Crippen LogP contribution in [0.25, 0.3) is 10.8 Å². The summed E-state index contributed by atoms with van der Waals surface area (Å²) in [4.78, 5) is 1.93. The molecule has 3 N–H and O–H groups in total. The number of rotatable bonds is 5. The van der Waals surface area contributed by atoms with Gasteiger partial charge in [0.25, 0.3) is 0 Å². The number of hydrogen-bond acceptors (Lipinski definition) is 4.